The molecule has 7 nitrogen and oxygen atoms in total. The van der Waals surface area contributed by atoms with E-state index >= 15 is 0 Å². The standard InChI is InChI=1S/C17H21N5O2/c1-11-8-12(2)21-17(20-11)22-16(18)19-10-13-4-5-14-15(9-13)24-7-3-6-23-14/h4-5,8-9H,3,6-7,10H2,1-2H3,(H3,18,19,20,21,22). The number of hydrogen-bond acceptors (Lipinski definition) is 5. The molecule has 1 aromatic heterocycles. The fourth-order valence-corrected chi connectivity index (χ4v) is 2.42. The zero-order valence-corrected chi connectivity index (χ0v) is 13.9. The molecule has 0 radical (unpaired) electrons. The van der Waals surface area contributed by atoms with E-state index in [1.807, 2.05) is 38.1 Å². The summed E-state index contributed by atoms with van der Waals surface area (Å²) < 4.78 is 11.3. The third-order valence-electron chi connectivity index (χ3n) is 3.47. The van der Waals surface area contributed by atoms with Gasteiger partial charge in [-0.2, -0.15) is 0 Å². The molecule has 3 N–H and O–H groups in total. The van der Waals surface area contributed by atoms with Gasteiger partial charge in [0.05, 0.1) is 19.8 Å². The van der Waals surface area contributed by atoms with Crippen LogP contribution in [0, 0.1) is 13.8 Å². The minimum absolute atomic E-state index is 0.270. The number of nitrogens with two attached hydrogens (primary N) is 1. The van der Waals surface area contributed by atoms with Gasteiger partial charge in [-0.3, -0.25) is 5.32 Å². The summed E-state index contributed by atoms with van der Waals surface area (Å²) in [6, 6.07) is 7.70. The van der Waals surface area contributed by atoms with Crippen LogP contribution in [0.5, 0.6) is 11.5 Å². The summed E-state index contributed by atoms with van der Waals surface area (Å²) in [6.45, 7) is 5.58. The normalized spacial score (nSPS) is 14.2. The predicted octanol–water partition coefficient (Wildman–Crippen LogP) is 2.18. The highest BCUT2D eigenvalue weighted by atomic mass is 16.5. The zero-order chi connectivity index (χ0) is 16.9. The topological polar surface area (TPSA) is 94.7 Å². The molecule has 126 valence electrons. The van der Waals surface area contributed by atoms with Crippen molar-refractivity contribution in [1.29, 1.82) is 0 Å². The van der Waals surface area contributed by atoms with E-state index in [0.717, 1.165) is 34.9 Å². The Bertz CT molecular complexity index is 740. The quantitative estimate of drug-likeness (QED) is 0.663. The molecule has 0 spiro atoms. The second-order valence-corrected chi connectivity index (χ2v) is 5.63. The van der Waals surface area contributed by atoms with Crippen molar-refractivity contribution in [3.8, 4) is 11.5 Å². The van der Waals surface area contributed by atoms with E-state index in [2.05, 4.69) is 20.3 Å². The van der Waals surface area contributed by atoms with Gasteiger partial charge in [0.15, 0.2) is 17.5 Å². The molecule has 0 fully saturated rings. The van der Waals surface area contributed by atoms with Crippen LogP contribution in [0.3, 0.4) is 0 Å². The minimum atomic E-state index is 0.270. The summed E-state index contributed by atoms with van der Waals surface area (Å²) in [6.07, 6.45) is 0.884. The largest absolute Gasteiger partial charge is 0.490 e. The van der Waals surface area contributed by atoms with Gasteiger partial charge in [0.25, 0.3) is 0 Å². The van der Waals surface area contributed by atoms with Crippen LogP contribution in [0.1, 0.15) is 23.4 Å². The summed E-state index contributed by atoms with van der Waals surface area (Å²) in [7, 11) is 0. The van der Waals surface area contributed by atoms with Crippen LogP contribution in [0.15, 0.2) is 29.3 Å². The lowest BCUT2D eigenvalue weighted by atomic mass is 10.2. The van der Waals surface area contributed by atoms with Crippen molar-refractivity contribution in [2.75, 3.05) is 18.5 Å². The summed E-state index contributed by atoms with van der Waals surface area (Å²) in [5.41, 5.74) is 8.66. The maximum Gasteiger partial charge on any atom is 0.229 e. The Morgan fingerprint density at radius 3 is 2.58 bits per heavy atom. The van der Waals surface area contributed by atoms with Gasteiger partial charge in [0.2, 0.25) is 5.95 Å². The molecule has 2 aromatic rings. The van der Waals surface area contributed by atoms with E-state index in [4.69, 9.17) is 15.2 Å². The average Bonchev–Trinajstić information content (AvgIpc) is 2.76. The fourth-order valence-electron chi connectivity index (χ4n) is 2.42. The first-order valence-corrected chi connectivity index (χ1v) is 7.88. The van der Waals surface area contributed by atoms with Gasteiger partial charge in [0.1, 0.15) is 0 Å². The van der Waals surface area contributed by atoms with Gasteiger partial charge < -0.3 is 15.2 Å². The van der Waals surface area contributed by atoms with E-state index in [9.17, 15) is 0 Å². The van der Waals surface area contributed by atoms with Gasteiger partial charge in [-0.25, -0.2) is 15.0 Å². The predicted molar refractivity (Wildman–Crippen MR) is 92.5 cm³/mol. The van der Waals surface area contributed by atoms with E-state index in [1.54, 1.807) is 0 Å². The highest BCUT2D eigenvalue weighted by Crippen LogP contribution is 2.30. The van der Waals surface area contributed by atoms with E-state index < -0.39 is 0 Å². The Kier molecular flexibility index (Phi) is 4.79. The first kappa shape index (κ1) is 16.0. The van der Waals surface area contributed by atoms with Gasteiger partial charge in [-0.15, -0.1) is 0 Å². The Labute approximate surface area is 140 Å². The molecule has 0 atom stereocenters. The van der Waals surface area contributed by atoms with Gasteiger partial charge in [0, 0.05) is 17.8 Å². The van der Waals surface area contributed by atoms with Gasteiger partial charge in [-0.05, 0) is 37.6 Å². The third kappa shape index (κ3) is 4.13. The number of nitrogens with one attached hydrogen (secondary N) is 1. The molecule has 1 aliphatic rings. The van der Waals surface area contributed by atoms with Crippen molar-refractivity contribution in [1.82, 2.24) is 9.97 Å². The summed E-state index contributed by atoms with van der Waals surface area (Å²) >= 11 is 0. The number of rotatable bonds is 3. The van der Waals surface area contributed by atoms with Crippen LogP contribution >= 0.6 is 0 Å². The lowest BCUT2D eigenvalue weighted by Gasteiger charge is -2.09. The maximum absolute atomic E-state index is 5.92. The van der Waals surface area contributed by atoms with Crippen molar-refractivity contribution in [3.63, 3.8) is 0 Å². The van der Waals surface area contributed by atoms with E-state index in [-0.39, 0.29) is 5.96 Å². The van der Waals surface area contributed by atoms with Crippen LogP contribution in [0.2, 0.25) is 0 Å². The number of aryl methyl sites for hydroxylation is 2. The Morgan fingerprint density at radius 2 is 1.83 bits per heavy atom. The number of benzene rings is 1. The van der Waals surface area contributed by atoms with E-state index in [1.165, 1.54) is 0 Å². The zero-order valence-electron chi connectivity index (χ0n) is 13.9. The number of ether oxygens (including phenoxy) is 2. The molecule has 1 aliphatic heterocycles. The van der Waals surface area contributed by atoms with E-state index in [0.29, 0.717) is 25.7 Å². The molecule has 24 heavy (non-hydrogen) atoms. The molecule has 0 unspecified atom stereocenters. The molecular formula is C17H21N5O2. The molecule has 0 saturated heterocycles. The second-order valence-electron chi connectivity index (χ2n) is 5.63. The van der Waals surface area contributed by atoms with Crippen LogP contribution in [0.25, 0.3) is 0 Å². The smallest absolute Gasteiger partial charge is 0.229 e. The summed E-state index contributed by atoms with van der Waals surface area (Å²) in [5.74, 6) is 2.25. The maximum atomic E-state index is 5.92. The van der Waals surface area contributed by atoms with Crippen molar-refractivity contribution in [3.05, 3.63) is 41.2 Å². The number of guanidine groups is 1. The Hall–Kier alpha value is -2.83. The van der Waals surface area contributed by atoms with Crippen molar-refractivity contribution in [2.45, 2.75) is 26.8 Å². The first-order chi connectivity index (χ1) is 11.6. The van der Waals surface area contributed by atoms with Crippen LogP contribution in [-0.4, -0.2) is 29.1 Å². The molecule has 0 bridgehead atoms. The van der Waals surface area contributed by atoms with Crippen molar-refractivity contribution < 1.29 is 9.47 Å². The second kappa shape index (κ2) is 7.16. The molecular weight excluding hydrogens is 306 g/mol. The molecule has 7 heteroatoms. The lowest BCUT2D eigenvalue weighted by molar-refractivity contribution is 0.297. The number of aromatic nitrogens is 2. The highest BCUT2D eigenvalue weighted by molar-refractivity contribution is 5.90. The van der Waals surface area contributed by atoms with Crippen LogP contribution in [-0.2, 0) is 6.54 Å². The molecule has 3 rings (SSSR count). The Balaban J connectivity index is 1.67. The summed E-state index contributed by atoms with van der Waals surface area (Å²) in [4.78, 5) is 12.9. The molecule has 0 aliphatic carbocycles. The monoisotopic (exact) mass is 327 g/mol. The number of nitrogens with zero attached hydrogens (tertiary/aromatic N) is 3. The van der Waals surface area contributed by atoms with Crippen LogP contribution < -0.4 is 20.5 Å². The SMILES string of the molecule is Cc1cc(C)nc(NC(N)=NCc2ccc3c(c2)OCCCO3)n1. The number of anilines is 1. The third-order valence-corrected chi connectivity index (χ3v) is 3.47. The molecule has 2 heterocycles. The molecule has 1 aromatic carbocycles. The fraction of sp³-hybridized carbons (Fsp3) is 0.353. The van der Waals surface area contributed by atoms with Crippen molar-refractivity contribution >= 4 is 11.9 Å². The van der Waals surface area contributed by atoms with Gasteiger partial charge in [-0.1, -0.05) is 6.07 Å². The average molecular weight is 327 g/mol. The minimum Gasteiger partial charge on any atom is -0.490 e. The van der Waals surface area contributed by atoms with Gasteiger partial charge >= 0.3 is 0 Å². The Morgan fingerprint density at radius 1 is 1.12 bits per heavy atom. The number of hydrogen-bond donors (Lipinski definition) is 2. The first-order valence-electron chi connectivity index (χ1n) is 7.88. The van der Waals surface area contributed by atoms with Crippen molar-refractivity contribution in [2.24, 2.45) is 10.7 Å². The number of fused-ring (bicyclic) bond motifs is 1. The lowest BCUT2D eigenvalue weighted by Crippen LogP contribution is -2.24. The molecule has 0 saturated carbocycles. The molecule has 0 amide bonds. The summed E-state index contributed by atoms with van der Waals surface area (Å²) in [5, 5.41) is 2.92. The number of aliphatic imine (C=N–C) groups is 1. The van der Waals surface area contributed by atoms with Crippen LogP contribution in [0.4, 0.5) is 5.95 Å². The highest BCUT2D eigenvalue weighted by Gasteiger charge is 2.10.